The third kappa shape index (κ3) is 3.76. The van der Waals surface area contributed by atoms with Crippen LogP contribution in [0, 0.1) is 12.8 Å². The highest BCUT2D eigenvalue weighted by Crippen LogP contribution is 2.30. The van der Waals surface area contributed by atoms with Crippen molar-refractivity contribution in [2.45, 2.75) is 32.6 Å². The van der Waals surface area contributed by atoms with Gasteiger partial charge in [0.15, 0.2) is 0 Å². The number of ether oxygens (including phenoxy) is 1. The van der Waals surface area contributed by atoms with Gasteiger partial charge in [-0.05, 0) is 43.9 Å². The summed E-state index contributed by atoms with van der Waals surface area (Å²) in [4.78, 5) is 29.2. The first-order valence-corrected chi connectivity index (χ1v) is 9.31. The Kier molecular flexibility index (Phi) is 5.52. The van der Waals surface area contributed by atoms with Crippen LogP contribution in [0.2, 0.25) is 5.02 Å². The fraction of sp³-hybridized carbons (Fsp3) is 0.579. The van der Waals surface area contributed by atoms with Crippen LogP contribution in [0.4, 0.5) is 0 Å². The Morgan fingerprint density at radius 3 is 2.40 bits per heavy atom. The predicted octanol–water partition coefficient (Wildman–Crippen LogP) is 3.13. The molecule has 2 fully saturated rings. The number of carbonyl (C=O) groups excluding carboxylic acids is 2. The standard InChI is InChI=1S/C19H25ClN2O3/c1-13-11-15(20)12-16(17(13)25-2)19(24)22-8-4-7-21(9-10-22)18(23)14-5-3-6-14/h11-12,14H,3-10H2,1-2H3. The second-order valence-corrected chi connectivity index (χ2v) is 7.34. The molecule has 0 radical (unpaired) electrons. The van der Waals surface area contributed by atoms with Crippen LogP contribution >= 0.6 is 11.6 Å². The van der Waals surface area contributed by atoms with Crippen LogP contribution in [0.15, 0.2) is 12.1 Å². The van der Waals surface area contributed by atoms with Crippen LogP contribution in [0.3, 0.4) is 0 Å². The minimum Gasteiger partial charge on any atom is -0.496 e. The maximum Gasteiger partial charge on any atom is 0.257 e. The summed E-state index contributed by atoms with van der Waals surface area (Å²) in [6.45, 7) is 4.39. The van der Waals surface area contributed by atoms with E-state index in [1.165, 1.54) is 0 Å². The van der Waals surface area contributed by atoms with Gasteiger partial charge in [-0.2, -0.15) is 0 Å². The number of hydrogen-bond acceptors (Lipinski definition) is 3. The van der Waals surface area contributed by atoms with Crippen LogP contribution in [0.5, 0.6) is 5.75 Å². The molecule has 0 unspecified atom stereocenters. The third-order valence-corrected chi connectivity index (χ3v) is 5.44. The smallest absolute Gasteiger partial charge is 0.257 e. The van der Waals surface area contributed by atoms with Gasteiger partial charge in [0.25, 0.3) is 5.91 Å². The topological polar surface area (TPSA) is 49.9 Å². The molecule has 1 saturated carbocycles. The number of methoxy groups -OCH3 is 1. The van der Waals surface area contributed by atoms with Crippen molar-refractivity contribution in [3.05, 3.63) is 28.3 Å². The average molecular weight is 365 g/mol. The van der Waals surface area contributed by atoms with E-state index in [4.69, 9.17) is 16.3 Å². The Labute approximate surface area is 153 Å². The SMILES string of the molecule is COc1c(C)cc(Cl)cc1C(=O)N1CCCN(C(=O)C2CCC2)CC1. The molecule has 2 aliphatic rings. The van der Waals surface area contributed by atoms with Gasteiger partial charge in [0.1, 0.15) is 5.75 Å². The van der Waals surface area contributed by atoms with E-state index in [-0.39, 0.29) is 17.7 Å². The summed E-state index contributed by atoms with van der Waals surface area (Å²) in [6.07, 6.45) is 3.97. The Bertz CT molecular complexity index is 673. The lowest BCUT2D eigenvalue weighted by atomic mass is 9.84. The number of hydrogen-bond donors (Lipinski definition) is 0. The summed E-state index contributed by atoms with van der Waals surface area (Å²) >= 11 is 6.14. The van der Waals surface area contributed by atoms with E-state index in [0.29, 0.717) is 36.0 Å². The highest BCUT2D eigenvalue weighted by atomic mass is 35.5. The molecule has 5 nitrogen and oxygen atoms in total. The number of carbonyl (C=O) groups is 2. The maximum atomic E-state index is 13.0. The molecule has 2 amide bonds. The van der Waals surface area contributed by atoms with E-state index < -0.39 is 0 Å². The molecule has 25 heavy (non-hydrogen) atoms. The molecule has 1 heterocycles. The molecule has 0 atom stereocenters. The lowest BCUT2D eigenvalue weighted by Crippen LogP contribution is -2.41. The Morgan fingerprint density at radius 1 is 1.08 bits per heavy atom. The first-order valence-electron chi connectivity index (χ1n) is 8.93. The minimum absolute atomic E-state index is 0.0830. The molecule has 1 saturated heterocycles. The molecule has 0 aromatic heterocycles. The van der Waals surface area contributed by atoms with E-state index in [0.717, 1.165) is 37.8 Å². The first-order chi connectivity index (χ1) is 12.0. The zero-order valence-electron chi connectivity index (χ0n) is 14.9. The van der Waals surface area contributed by atoms with E-state index in [2.05, 4.69) is 0 Å². The molecule has 0 N–H and O–H groups in total. The van der Waals surface area contributed by atoms with Crippen LogP contribution in [-0.2, 0) is 4.79 Å². The summed E-state index contributed by atoms with van der Waals surface area (Å²) in [5, 5.41) is 0.526. The summed E-state index contributed by atoms with van der Waals surface area (Å²) in [5.41, 5.74) is 1.33. The molecule has 0 spiro atoms. The average Bonchev–Trinajstić information content (AvgIpc) is 2.77. The van der Waals surface area contributed by atoms with Crippen molar-refractivity contribution in [3.63, 3.8) is 0 Å². The molecule has 1 aromatic carbocycles. The molecular formula is C19H25ClN2O3. The number of nitrogens with zero attached hydrogens (tertiary/aromatic N) is 2. The summed E-state index contributed by atoms with van der Waals surface area (Å²) in [6, 6.07) is 3.45. The van der Waals surface area contributed by atoms with E-state index >= 15 is 0 Å². The zero-order valence-corrected chi connectivity index (χ0v) is 15.6. The molecule has 3 rings (SSSR count). The number of amides is 2. The van der Waals surface area contributed by atoms with Gasteiger partial charge in [-0.3, -0.25) is 9.59 Å². The number of halogens is 1. The molecule has 0 bridgehead atoms. The van der Waals surface area contributed by atoms with Gasteiger partial charge in [0.05, 0.1) is 12.7 Å². The number of aryl methyl sites for hydroxylation is 1. The van der Waals surface area contributed by atoms with Crippen LogP contribution in [-0.4, -0.2) is 54.9 Å². The lowest BCUT2D eigenvalue weighted by Gasteiger charge is -2.31. The fourth-order valence-electron chi connectivity index (χ4n) is 3.58. The van der Waals surface area contributed by atoms with Gasteiger partial charge in [-0.1, -0.05) is 18.0 Å². The van der Waals surface area contributed by atoms with Gasteiger partial charge in [-0.25, -0.2) is 0 Å². The highest BCUT2D eigenvalue weighted by Gasteiger charge is 2.31. The number of rotatable bonds is 3. The van der Waals surface area contributed by atoms with Gasteiger partial charge in [-0.15, -0.1) is 0 Å². The molecule has 1 aliphatic heterocycles. The summed E-state index contributed by atoms with van der Waals surface area (Å²) in [7, 11) is 1.56. The fourth-order valence-corrected chi connectivity index (χ4v) is 3.86. The summed E-state index contributed by atoms with van der Waals surface area (Å²) in [5.74, 6) is 0.955. The van der Waals surface area contributed by atoms with Crippen molar-refractivity contribution >= 4 is 23.4 Å². The van der Waals surface area contributed by atoms with Gasteiger partial charge < -0.3 is 14.5 Å². The molecule has 1 aromatic rings. The van der Waals surface area contributed by atoms with E-state index in [1.807, 2.05) is 16.7 Å². The van der Waals surface area contributed by atoms with Crippen molar-refractivity contribution in [2.24, 2.45) is 5.92 Å². The molecule has 136 valence electrons. The van der Waals surface area contributed by atoms with E-state index in [1.54, 1.807) is 19.2 Å². The van der Waals surface area contributed by atoms with Crippen molar-refractivity contribution in [3.8, 4) is 5.75 Å². The zero-order chi connectivity index (χ0) is 18.0. The molecule has 6 heteroatoms. The van der Waals surface area contributed by atoms with Crippen LogP contribution < -0.4 is 4.74 Å². The predicted molar refractivity (Wildman–Crippen MR) is 97.2 cm³/mol. The largest absolute Gasteiger partial charge is 0.496 e. The maximum absolute atomic E-state index is 13.0. The monoisotopic (exact) mass is 364 g/mol. The Hall–Kier alpha value is -1.75. The molecular weight excluding hydrogens is 340 g/mol. The van der Waals surface area contributed by atoms with Gasteiger partial charge in [0, 0.05) is 37.1 Å². The normalized spacial score (nSPS) is 18.5. The van der Waals surface area contributed by atoms with Crippen molar-refractivity contribution < 1.29 is 14.3 Å². The van der Waals surface area contributed by atoms with Crippen LogP contribution in [0.25, 0.3) is 0 Å². The molecule has 1 aliphatic carbocycles. The summed E-state index contributed by atoms with van der Waals surface area (Å²) < 4.78 is 5.42. The Balaban J connectivity index is 1.72. The van der Waals surface area contributed by atoms with E-state index in [9.17, 15) is 9.59 Å². The quantitative estimate of drug-likeness (QED) is 0.827. The van der Waals surface area contributed by atoms with Crippen molar-refractivity contribution in [1.82, 2.24) is 9.80 Å². The first kappa shape index (κ1) is 18.1. The van der Waals surface area contributed by atoms with Crippen molar-refractivity contribution in [1.29, 1.82) is 0 Å². The highest BCUT2D eigenvalue weighted by molar-refractivity contribution is 6.31. The second kappa shape index (κ2) is 7.65. The third-order valence-electron chi connectivity index (χ3n) is 5.22. The van der Waals surface area contributed by atoms with Gasteiger partial charge in [0.2, 0.25) is 5.91 Å². The van der Waals surface area contributed by atoms with Gasteiger partial charge >= 0.3 is 0 Å². The lowest BCUT2D eigenvalue weighted by molar-refractivity contribution is -0.138. The number of benzene rings is 1. The van der Waals surface area contributed by atoms with Crippen LogP contribution in [0.1, 0.15) is 41.6 Å². The minimum atomic E-state index is -0.0830. The Morgan fingerprint density at radius 2 is 1.76 bits per heavy atom. The van der Waals surface area contributed by atoms with Crippen molar-refractivity contribution in [2.75, 3.05) is 33.3 Å². The second-order valence-electron chi connectivity index (χ2n) is 6.90.